The molecule has 0 atom stereocenters. The first-order chi connectivity index (χ1) is 10.2. The molecule has 7 heteroatoms. The lowest BCUT2D eigenvalue weighted by atomic mass is 10.3. The average molecular weight is 304 g/mol. The van der Waals surface area contributed by atoms with Crippen LogP contribution < -0.4 is 15.4 Å². The fraction of sp³-hybridized carbons (Fsp3) is 0.143. The van der Waals surface area contributed by atoms with Crippen LogP contribution in [0.3, 0.4) is 0 Å². The number of rotatable bonds is 4. The van der Waals surface area contributed by atoms with Gasteiger partial charge in [-0.1, -0.05) is 11.6 Å². The highest BCUT2D eigenvalue weighted by molar-refractivity contribution is 6.32. The van der Waals surface area contributed by atoms with Gasteiger partial charge in [0, 0.05) is 25.1 Å². The molecule has 0 saturated heterocycles. The highest BCUT2D eigenvalue weighted by atomic mass is 35.5. The number of nitrogens with one attached hydrogen (secondary N) is 2. The van der Waals surface area contributed by atoms with Crippen LogP contribution in [0, 0.1) is 0 Å². The number of methoxy groups -OCH3 is 1. The molecule has 0 aliphatic rings. The van der Waals surface area contributed by atoms with E-state index in [2.05, 4.69) is 20.6 Å². The molecule has 3 aromatic rings. The summed E-state index contributed by atoms with van der Waals surface area (Å²) in [5.74, 6) is 2.01. The Hall–Kier alpha value is -2.47. The Kier molecular flexibility index (Phi) is 3.53. The predicted octanol–water partition coefficient (Wildman–Crippen LogP) is 3.18. The summed E-state index contributed by atoms with van der Waals surface area (Å²) in [6.07, 6.45) is 5.46. The van der Waals surface area contributed by atoms with Crippen LogP contribution in [0.15, 0.2) is 36.8 Å². The summed E-state index contributed by atoms with van der Waals surface area (Å²) in [6, 6.07) is 5.46. The molecule has 2 aromatic heterocycles. The molecule has 0 radical (unpaired) electrons. The zero-order chi connectivity index (χ0) is 14.8. The molecule has 2 heterocycles. The minimum atomic E-state index is 0.534. The number of nitrogens with zero attached hydrogens (tertiary/aromatic N) is 3. The number of halogens is 1. The molecule has 108 valence electrons. The van der Waals surface area contributed by atoms with Gasteiger partial charge in [-0.15, -0.1) is 0 Å². The molecule has 0 fully saturated rings. The maximum absolute atomic E-state index is 6.13. The van der Waals surface area contributed by atoms with Crippen LogP contribution in [-0.4, -0.2) is 28.5 Å². The second-order valence-electron chi connectivity index (χ2n) is 4.36. The van der Waals surface area contributed by atoms with Crippen LogP contribution in [-0.2, 0) is 0 Å². The predicted molar refractivity (Wildman–Crippen MR) is 83.8 cm³/mol. The van der Waals surface area contributed by atoms with Crippen LogP contribution in [0.25, 0.3) is 5.65 Å². The van der Waals surface area contributed by atoms with Gasteiger partial charge in [-0.25, -0.2) is 9.97 Å². The smallest absolute Gasteiger partial charge is 0.180 e. The zero-order valence-corrected chi connectivity index (χ0v) is 12.3. The van der Waals surface area contributed by atoms with E-state index in [9.17, 15) is 0 Å². The molecule has 21 heavy (non-hydrogen) atoms. The molecule has 0 amide bonds. The van der Waals surface area contributed by atoms with Crippen LogP contribution in [0.5, 0.6) is 5.75 Å². The fourth-order valence-corrected chi connectivity index (χ4v) is 2.27. The molecule has 0 aliphatic carbocycles. The normalized spacial score (nSPS) is 10.6. The van der Waals surface area contributed by atoms with Crippen molar-refractivity contribution < 1.29 is 4.74 Å². The van der Waals surface area contributed by atoms with E-state index in [1.54, 1.807) is 25.4 Å². The van der Waals surface area contributed by atoms with Crippen molar-refractivity contribution in [1.29, 1.82) is 0 Å². The summed E-state index contributed by atoms with van der Waals surface area (Å²) in [5.41, 5.74) is 1.55. The number of anilines is 3. The highest BCUT2D eigenvalue weighted by Crippen LogP contribution is 2.29. The molecule has 3 rings (SSSR count). The minimum absolute atomic E-state index is 0.534. The van der Waals surface area contributed by atoms with Crippen LogP contribution >= 0.6 is 11.6 Å². The van der Waals surface area contributed by atoms with Gasteiger partial charge < -0.3 is 19.8 Å². The lowest BCUT2D eigenvalue weighted by molar-refractivity contribution is 0.415. The molecular formula is C14H14ClN5O. The molecule has 0 aliphatic heterocycles. The third-order valence-electron chi connectivity index (χ3n) is 3.04. The molecule has 2 N–H and O–H groups in total. The summed E-state index contributed by atoms with van der Waals surface area (Å²) in [6.45, 7) is 0. The van der Waals surface area contributed by atoms with E-state index in [0.29, 0.717) is 16.6 Å². The van der Waals surface area contributed by atoms with Crippen molar-refractivity contribution >= 4 is 34.6 Å². The first-order valence-corrected chi connectivity index (χ1v) is 6.71. The van der Waals surface area contributed by atoms with E-state index >= 15 is 0 Å². The minimum Gasteiger partial charge on any atom is -0.495 e. The van der Waals surface area contributed by atoms with Gasteiger partial charge >= 0.3 is 0 Å². The number of hydrogen-bond donors (Lipinski definition) is 2. The van der Waals surface area contributed by atoms with Crippen LogP contribution in [0.4, 0.5) is 17.3 Å². The first-order valence-electron chi connectivity index (χ1n) is 6.33. The number of aromatic nitrogens is 3. The largest absolute Gasteiger partial charge is 0.495 e. The number of imidazole rings is 1. The monoisotopic (exact) mass is 303 g/mol. The Morgan fingerprint density at radius 1 is 1.33 bits per heavy atom. The Bertz CT molecular complexity index is 786. The maximum Gasteiger partial charge on any atom is 0.180 e. The number of benzene rings is 1. The van der Waals surface area contributed by atoms with Crippen molar-refractivity contribution in [2.75, 3.05) is 24.8 Å². The topological polar surface area (TPSA) is 63.5 Å². The SMILES string of the molecule is CNc1cn2ccnc2c(Nc2ccc(OC)c(Cl)c2)n1. The van der Waals surface area contributed by atoms with Gasteiger partial charge in [-0.3, -0.25) is 0 Å². The maximum atomic E-state index is 6.13. The molecule has 0 saturated carbocycles. The van der Waals surface area contributed by atoms with Gasteiger partial charge in [-0.2, -0.15) is 0 Å². The molecule has 0 bridgehead atoms. The number of fused-ring (bicyclic) bond motifs is 1. The van der Waals surface area contributed by atoms with Crippen LogP contribution in [0.1, 0.15) is 0 Å². The summed E-state index contributed by atoms with van der Waals surface area (Å²) in [4.78, 5) is 8.78. The van der Waals surface area contributed by atoms with Crippen molar-refractivity contribution in [3.8, 4) is 5.75 Å². The highest BCUT2D eigenvalue weighted by Gasteiger charge is 2.08. The Balaban J connectivity index is 2.01. The van der Waals surface area contributed by atoms with Crippen molar-refractivity contribution in [2.24, 2.45) is 0 Å². The van der Waals surface area contributed by atoms with Crippen LogP contribution in [0.2, 0.25) is 5.02 Å². The van der Waals surface area contributed by atoms with Gasteiger partial charge in [0.05, 0.1) is 18.3 Å². The van der Waals surface area contributed by atoms with E-state index in [0.717, 1.165) is 17.2 Å². The van der Waals surface area contributed by atoms with Gasteiger partial charge in [0.2, 0.25) is 0 Å². The van der Waals surface area contributed by atoms with E-state index in [1.807, 2.05) is 29.9 Å². The molecule has 0 spiro atoms. The lowest BCUT2D eigenvalue weighted by Gasteiger charge is -2.10. The van der Waals surface area contributed by atoms with Crippen molar-refractivity contribution in [2.45, 2.75) is 0 Å². The third kappa shape index (κ3) is 2.57. The van der Waals surface area contributed by atoms with Gasteiger partial charge in [0.1, 0.15) is 11.6 Å². The van der Waals surface area contributed by atoms with Crippen molar-refractivity contribution in [3.05, 3.63) is 41.8 Å². The summed E-state index contributed by atoms with van der Waals surface area (Å²) < 4.78 is 7.04. The summed E-state index contributed by atoms with van der Waals surface area (Å²) >= 11 is 6.13. The zero-order valence-electron chi connectivity index (χ0n) is 11.6. The molecule has 6 nitrogen and oxygen atoms in total. The first kappa shape index (κ1) is 13.5. The number of ether oxygens (including phenoxy) is 1. The quantitative estimate of drug-likeness (QED) is 0.775. The van der Waals surface area contributed by atoms with Gasteiger partial charge in [-0.05, 0) is 18.2 Å². The van der Waals surface area contributed by atoms with Gasteiger partial charge in [0.25, 0.3) is 0 Å². The fourth-order valence-electron chi connectivity index (χ4n) is 2.02. The molecule has 1 aromatic carbocycles. The van der Waals surface area contributed by atoms with E-state index < -0.39 is 0 Å². The van der Waals surface area contributed by atoms with Crippen molar-refractivity contribution in [1.82, 2.24) is 14.4 Å². The average Bonchev–Trinajstić information content (AvgIpc) is 2.96. The standard InChI is InChI=1S/C14H14ClN5O/c1-16-12-8-20-6-5-17-14(20)13(19-12)18-9-3-4-11(21-2)10(15)7-9/h3-8,16H,1-2H3,(H,18,19). The molecular weight excluding hydrogens is 290 g/mol. The van der Waals surface area contributed by atoms with Gasteiger partial charge in [0.15, 0.2) is 11.5 Å². The Labute approximate surface area is 126 Å². The van der Waals surface area contributed by atoms with Crippen molar-refractivity contribution in [3.63, 3.8) is 0 Å². The molecule has 0 unspecified atom stereocenters. The Morgan fingerprint density at radius 3 is 2.90 bits per heavy atom. The summed E-state index contributed by atoms with van der Waals surface area (Å²) in [5, 5.41) is 6.78. The lowest BCUT2D eigenvalue weighted by Crippen LogP contribution is -2.02. The number of hydrogen-bond acceptors (Lipinski definition) is 5. The summed E-state index contributed by atoms with van der Waals surface area (Å²) in [7, 11) is 3.40. The van der Waals surface area contributed by atoms with E-state index in [4.69, 9.17) is 16.3 Å². The second-order valence-corrected chi connectivity index (χ2v) is 4.76. The Morgan fingerprint density at radius 2 is 2.19 bits per heavy atom. The third-order valence-corrected chi connectivity index (χ3v) is 3.34. The second kappa shape index (κ2) is 5.49. The van der Waals surface area contributed by atoms with E-state index in [-0.39, 0.29) is 0 Å². The van der Waals surface area contributed by atoms with E-state index in [1.165, 1.54) is 0 Å².